The van der Waals surface area contributed by atoms with Gasteiger partial charge < -0.3 is 15.2 Å². The maximum atomic E-state index is 4.64. The van der Waals surface area contributed by atoms with Crippen LogP contribution in [0.25, 0.3) is 0 Å². The second-order valence-corrected chi connectivity index (χ2v) is 6.52. The van der Waals surface area contributed by atoms with Crippen molar-refractivity contribution in [3.8, 4) is 0 Å². The van der Waals surface area contributed by atoms with E-state index in [0.717, 1.165) is 32.1 Å². The molecule has 20 heavy (non-hydrogen) atoms. The third-order valence-corrected chi connectivity index (χ3v) is 4.08. The Morgan fingerprint density at radius 2 is 1.90 bits per heavy atom. The van der Waals surface area contributed by atoms with Crippen molar-refractivity contribution in [3.63, 3.8) is 0 Å². The third-order valence-electron chi connectivity index (χ3n) is 2.84. The monoisotopic (exact) mass is 410 g/mol. The fourth-order valence-electron chi connectivity index (χ4n) is 1.50. The molecular weight excluding hydrogens is 383 g/mol. The first-order valence-corrected chi connectivity index (χ1v) is 7.98. The zero-order valence-electron chi connectivity index (χ0n) is 12.8. The highest BCUT2D eigenvalue weighted by Gasteiger charge is 2.15. The van der Waals surface area contributed by atoms with Crippen LogP contribution in [0, 0.1) is 0 Å². The first kappa shape index (κ1) is 19.6. The van der Waals surface area contributed by atoms with E-state index in [1.165, 1.54) is 0 Å². The van der Waals surface area contributed by atoms with Gasteiger partial charge in [-0.2, -0.15) is 11.8 Å². The third kappa shape index (κ3) is 8.04. The Hall–Kier alpha value is -0.370. The van der Waals surface area contributed by atoms with Crippen LogP contribution in [0.1, 0.15) is 20.8 Å². The van der Waals surface area contributed by atoms with E-state index in [-0.39, 0.29) is 28.7 Å². The van der Waals surface area contributed by atoms with E-state index < -0.39 is 0 Å². The van der Waals surface area contributed by atoms with E-state index >= 15 is 0 Å². The number of nitrogens with one attached hydrogen (secondary N) is 2. The number of hydrogen-bond acceptors (Lipinski definition) is 2. The van der Waals surface area contributed by atoms with Crippen molar-refractivity contribution in [2.24, 2.45) is 4.99 Å². The summed E-state index contributed by atoms with van der Waals surface area (Å²) in [5, 5.41) is 6.64. The fraction of sp³-hybridized carbons (Fsp3) is 0.643. The van der Waals surface area contributed by atoms with Crippen molar-refractivity contribution in [1.82, 2.24) is 15.2 Å². The van der Waals surface area contributed by atoms with Gasteiger partial charge in [0.15, 0.2) is 5.96 Å². The number of guanidine groups is 1. The Labute approximate surface area is 144 Å². The zero-order chi connectivity index (χ0) is 14.1. The predicted molar refractivity (Wildman–Crippen MR) is 101 cm³/mol. The molecule has 0 spiro atoms. The van der Waals surface area contributed by atoms with Crippen molar-refractivity contribution >= 4 is 41.7 Å². The summed E-state index contributed by atoms with van der Waals surface area (Å²) in [6.45, 7) is 10.0. The topological polar surface area (TPSA) is 41.4 Å². The predicted octanol–water partition coefficient (Wildman–Crippen LogP) is 2.80. The minimum Gasteiger partial charge on any atom is -0.357 e. The lowest BCUT2D eigenvalue weighted by atomic mass is 10.2. The van der Waals surface area contributed by atoms with E-state index in [2.05, 4.69) is 59.6 Å². The summed E-state index contributed by atoms with van der Waals surface area (Å²) in [7, 11) is 0. The van der Waals surface area contributed by atoms with E-state index in [0.29, 0.717) is 0 Å². The minimum atomic E-state index is 0. The molecular formula is C14H27IN4S. The van der Waals surface area contributed by atoms with Gasteiger partial charge in [0.05, 0.1) is 6.54 Å². The molecule has 0 unspecified atom stereocenters. The molecule has 0 saturated carbocycles. The van der Waals surface area contributed by atoms with Gasteiger partial charge in [-0.25, -0.2) is 0 Å². The van der Waals surface area contributed by atoms with Crippen LogP contribution in [-0.2, 0) is 6.54 Å². The van der Waals surface area contributed by atoms with Crippen LogP contribution in [0.3, 0.4) is 0 Å². The summed E-state index contributed by atoms with van der Waals surface area (Å²) in [6.07, 6.45) is 6.27. The molecule has 0 radical (unpaired) electrons. The van der Waals surface area contributed by atoms with Crippen LogP contribution in [-0.4, -0.2) is 41.2 Å². The van der Waals surface area contributed by atoms with Crippen LogP contribution in [0.4, 0.5) is 0 Å². The molecule has 4 nitrogen and oxygen atoms in total. The van der Waals surface area contributed by atoms with E-state index in [4.69, 9.17) is 0 Å². The second-order valence-electron chi connectivity index (χ2n) is 5.01. The quantitative estimate of drug-likeness (QED) is 0.413. The van der Waals surface area contributed by atoms with Crippen molar-refractivity contribution < 1.29 is 0 Å². The molecule has 2 N–H and O–H groups in total. The molecule has 6 heteroatoms. The normalized spacial score (nSPS) is 11.9. The van der Waals surface area contributed by atoms with Gasteiger partial charge >= 0.3 is 0 Å². The van der Waals surface area contributed by atoms with Crippen molar-refractivity contribution in [3.05, 3.63) is 24.5 Å². The van der Waals surface area contributed by atoms with Gasteiger partial charge in [-0.15, -0.1) is 24.0 Å². The number of aromatic nitrogens is 1. The maximum absolute atomic E-state index is 4.64. The lowest BCUT2D eigenvalue weighted by molar-refractivity contribution is 0.659. The molecule has 0 aliphatic heterocycles. The number of halogens is 1. The standard InChI is InChI=1S/C14H26N4S.HI/c1-5-15-13(17-12-14(2,3)19-4)16-8-11-18-9-6-7-10-18;/h6-7,9-10H,5,8,11-12H2,1-4H3,(H2,15,16,17);1H. The van der Waals surface area contributed by atoms with Crippen LogP contribution in [0.2, 0.25) is 0 Å². The molecule has 0 aromatic carbocycles. The number of hydrogen-bond donors (Lipinski definition) is 2. The molecule has 116 valence electrons. The van der Waals surface area contributed by atoms with Crippen molar-refractivity contribution in [2.75, 3.05) is 25.9 Å². The van der Waals surface area contributed by atoms with Gasteiger partial charge in [-0.1, -0.05) is 0 Å². The van der Waals surface area contributed by atoms with Gasteiger partial charge in [0.2, 0.25) is 0 Å². The summed E-state index contributed by atoms with van der Waals surface area (Å²) < 4.78 is 2.34. The average molecular weight is 410 g/mol. The van der Waals surface area contributed by atoms with Crippen LogP contribution < -0.4 is 10.6 Å². The largest absolute Gasteiger partial charge is 0.357 e. The SMILES string of the molecule is CCNC(=NCC(C)(C)SC)NCCn1cccc1.I. The maximum Gasteiger partial charge on any atom is 0.191 e. The fourth-order valence-corrected chi connectivity index (χ4v) is 1.69. The lowest BCUT2D eigenvalue weighted by Gasteiger charge is -2.20. The zero-order valence-corrected chi connectivity index (χ0v) is 16.0. The second kappa shape index (κ2) is 10.4. The van der Waals surface area contributed by atoms with Crippen LogP contribution in [0.5, 0.6) is 0 Å². The molecule has 1 aromatic rings. The Morgan fingerprint density at radius 3 is 2.45 bits per heavy atom. The summed E-state index contributed by atoms with van der Waals surface area (Å²) in [5.74, 6) is 0.900. The molecule has 0 aliphatic rings. The highest BCUT2D eigenvalue weighted by Crippen LogP contribution is 2.20. The minimum absolute atomic E-state index is 0. The van der Waals surface area contributed by atoms with Gasteiger partial charge in [0.25, 0.3) is 0 Å². The Bertz CT molecular complexity index is 377. The van der Waals surface area contributed by atoms with E-state index in [1.807, 2.05) is 23.9 Å². The summed E-state index contributed by atoms with van der Waals surface area (Å²) in [6, 6.07) is 4.08. The molecule has 0 atom stereocenters. The molecule has 0 saturated heterocycles. The van der Waals surface area contributed by atoms with E-state index in [9.17, 15) is 0 Å². The van der Waals surface area contributed by atoms with Crippen LogP contribution >= 0.6 is 35.7 Å². The summed E-state index contributed by atoms with van der Waals surface area (Å²) in [5.41, 5.74) is 0. The molecule has 0 bridgehead atoms. The Balaban J connectivity index is 0.00000361. The number of rotatable bonds is 7. The van der Waals surface area contributed by atoms with Crippen LogP contribution in [0.15, 0.2) is 29.5 Å². The highest BCUT2D eigenvalue weighted by molar-refractivity contribution is 14.0. The number of aliphatic imine (C=N–C) groups is 1. The Kier molecular flexibility index (Phi) is 10.2. The molecule has 1 aromatic heterocycles. The van der Waals surface area contributed by atoms with Gasteiger partial charge in [0, 0.05) is 36.8 Å². The van der Waals surface area contributed by atoms with Gasteiger partial charge in [0.1, 0.15) is 0 Å². The first-order valence-electron chi connectivity index (χ1n) is 6.75. The summed E-state index contributed by atoms with van der Waals surface area (Å²) in [4.78, 5) is 4.64. The first-order chi connectivity index (χ1) is 9.07. The molecule has 0 aliphatic carbocycles. The van der Waals surface area contributed by atoms with Gasteiger partial charge in [-0.05, 0) is 39.2 Å². The molecule has 0 amide bonds. The smallest absolute Gasteiger partial charge is 0.191 e. The molecule has 1 heterocycles. The van der Waals surface area contributed by atoms with E-state index in [1.54, 1.807) is 0 Å². The Morgan fingerprint density at radius 1 is 1.25 bits per heavy atom. The number of thioether (sulfide) groups is 1. The number of nitrogens with zero attached hydrogens (tertiary/aromatic N) is 2. The average Bonchev–Trinajstić information content (AvgIpc) is 2.89. The van der Waals surface area contributed by atoms with Crippen molar-refractivity contribution in [1.29, 1.82) is 0 Å². The summed E-state index contributed by atoms with van der Waals surface area (Å²) >= 11 is 1.84. The molecule has 1 rings (SSSR count). The van der Waals surface area contributed by atoms with Gasteiger partial charge in [-0.3, -0.25) is 4.99 Å². The highest BCUT2D eigenvalue weighted by atomic mass is 127. The van der Waals surface area contributed by atoms with Crippen molar-refractivity contribution in [2.45, 2.75) is 32.1 Å². The molecule has 0 fully saturated rings. The lowest BCUT2D eigenvalue weighted by Crippen LogP contribution is -2.39.